The fraction of sp³-hybridized carbons (Fsp3) is 0.500. The lowest BCUT2D eigenvalue weighted by Crippen LogP contribution is -1.91. The van der Waals surface area contributed by atoms with E-state index in [0.29, 0.717) is 11.0 Å². The van der Waals surface area contributed by atoms with Gasteiger partial charge in [0.1, 0.15) is 0 Å². The summed E-state index contributed by atoms with van der Waals surface area (Å²) in [6.45, 7) is 0. The Balaban J connectivity index is 2.03. The average Bonchev–Trinajstić information content (AvgIpc) is 2.96. The van der Waals surface area contributed by atoms with Gasteiger partial charge in [0.05, 0.1) is 11.9 Å². The first-order valence-electron chi connectivity index (χ1n) is 5.99. The van der Waals surface area contributed by atoms with Crippen molar-refractivity contribution in [3.63, 3.8) is 0 Å². The summed E-state index contributed by atoms with van der Waals surface area (Å²) in [7, 11) is 1.93. The fourth-order valence-corrected chi connectivity index (χ4v) is 3.59. The molecule has 5 heteroatoms. The standard InChI is InChI=1S/C12H16N4S/c1-16-7-9(6-14-16)10-11(17-12(13)15-10)8-4-2-3-5-8/h6-8H,2-5H2,1H3,(H2,13,15). The quantitative estimate of drug-likeness (QED) is 0.889. The van der Waals surface area contributed by atoms with E-state index in [2.05, 4.69) is 10.1 Å². The molecule has 1 aliphatic carbocycles. The summed E-state index contributed by atoms with van der Waals surface area (Å²) in [6, 6.07) is 0. The summed E-state index contributed by atoms with van der Waals surface area (Å²) in [6.07, 6.45) is 9.08. The van der Waals surface area contributed by atoms with Crippen LogP contribution in [0.5, 0.6) is 0 Å². The van der Waals surface area contributed by atoms with Crippen LogP contribution in [0.25, 0.3) is 11.3 Å². The van der Waals surface area contributed by atoms with Crippen molar-refractivity contribution in [2.75, 3.05) is 5.73 Å². The lowest BCUT2D eigenvalue weighted by molar-refractivity contribution is 0.738. The van der Waals surface area contributed by atoms with Crippen LogP contribution in [-0.2, 0) is 7.05 Å². The highest BCUT2D eigenvalue weighted by Crippen LogP contribution is 2.42. The van der Waals surface area contributed by atoms with Gasteiger partial charge >= 0.3 is 0 Å². The molecule has 90 valence electrons. The molecule has 2 aromatic heterocycles. The van der Waals surface area contributed by atoms with Gasteiger partial charge in [-0.1, -0.05) is 12.8 Å². The van der Waals surface area contributed by atoms with E-state index in [1.165, 1.54) is 30.6 Å². The van der Waals surface area contributed by atoms with Gasteiger partial charge in [0.2, 0.25) is 0 Å². The summed E-state index contributed by atoms with van der Waals surface area (Å²) in [4.78, 5) is 5.84. The smallest absolute Gasteiger partial charge is 0.180 e. The Morgan fingerprint density at radius 3 is 2.82 bits per heavy atom. The first-order valence-corrected chi connectivity index (χ1v) is 6.81. The summed E-state index contributed by atoms with van der Waals surface area (Å²) in [5.41, 5.74) is 8.01. The molecule has 1 aliphatic rings. The molecule has 4 nitrogen and oxygen atoms in total. The van der Waals surface area contributed by atoms with Gasteiger partial charge in [0, 0.05) is 23.7 Å². The molecule has 1 fully saturated rings. The van der Waals surface area contributed by atoms with Gasteiger partial charge in [0.25, 0.3) is 0 Å². The predicted molar refractivity (Wildman–Crippen MR) is 69.9 cm³/mol. The molecule has 0 amide bonds. The van der Waals surface area contributed by atoms with Crippen LogP contribution >= 0.6 is 11.3 Å². The molecule has 2 aromatic rings. The van der Waals surface area contributed by atoms with Gasteiger partial charge in [-0.05, 0) is 18.8 Å². The minimum absolute atomic E-state index is 0.653. The second-order valence-corrected chi connectivity index (χ2v) is 5.71. The van der Waals surface area contributed by atoms with E-state index in [1.54, 1.807) is 11.3 Å². The zero-order chi connectivity index (χ0) is 11.8. The Labute approximate surface area is 104 Å². The van der Waals surface area contributed by atoms with Crippen LogP contribution in [-0.4, -0.2) is 14.8 Å². The maximum atomic E-state index is 5.87. The number of thiazole rings is 1. The van der Waals surface area contributed by atoms with Gasteiger partial charge in [-0.25, -0.2) is 4.98 Å². The number of nitrogens with two attached hydrogens (primary N) is 1. The maximum Gasteiger partial charge on any atom is 0.180 e. The number of anilines is 1. The number of rotatable bonds is 2. The molecule has 0 aromatic carbocycles. The second kappa shape index (κ2) is 4.14. The lowest BCUT2D eigenvalue weighted by atomic mass is 10.0. The van der Waals surface area contributed by atoms with Crippen molar-refractivity contribution in [2.24, 2.45) is 7.05 Å². The highest BCUT2D eigenvalue weighted by Gasteiger charge is 2.24. The van der Waals surface area contributed by atoms with E-state index in [0.717, 1.165) is 11.3 Å². The third-order valence-electron chi connectivity index (χ3n) is 3.37. The summed E-state index contributed by atoms with van der Waals surface area (Å²) < 4.78 is 1.81. The zero-order valence-corrected chi connectivity index (χ0v) is 10.7. The molecule has 0 radical (unpaired) electrons. The minimum atomic E-state index is 0.653. The minimum Gasteiger partial charge on any atom is -0.375 e. The molecule has 0 aliphatic heterocycles. The fourth-order valence-electron chi connectivity index (χ4n) is 2.56. The number of hydrogen-bond donors (Lipinski definition) is 1. The summed E-state index contributed by atoms with van der Waals surface area (Å²) >= 11 is 1.65. The molecular formula is C12H16N4S. The normalized spacial score (nSPS) is 16.8. The van der Waals surface area contributed by atoms with Crippen LogP contribution in [0.1, 0.15) is 36.5 Å². The van der Waals surface area contributed by atoms with Gasteiger partial charge in [0.15, 0.2) is 5.13 Å². The van der Waals surface area contributed by atoms with E-state index in [4.69, 9.17) is 5.73 Å². The Hall–Kier alpha value is -1.36. The monoisotopic (exact) mass is 248 g/mol. The molecule has 3 rings (SSSR count). The molecule has 17 heavy (non-hydrogen) atoms. The van der Waals surface area contributed by atoms with E-state index in [-0.39, 0.29) is 0 Å². The Kier molecular flexibility index (Phi) is 2.63. The molecule has 0 unspecified atom stereocenters. The van der Waals surface area contributed by atoms with Crippen LogP contribution < -0.4 is 5.73 Å². The van der Waals surface area contributed by atoms with Crippen LogP contribution in [0, 0.1) is 0 Å². The third-order valence-corrected chi connectivity index (χ3v) is 4.42. The first kappa shape index (κ1) is 10.8. The number of nitrogen functional groups attached to an aromatic ring is 1. The largest absolute Gasteiger partial charge is 0.375 e. The van der Waals surface area contributed by atoms with Crippen LogP contribution in [0.2, 0.25) is 0 Å². The second-order valence-electron chi connectivity index (χ2n) is 4.65. The Bertz CT molecular complexity index is 522. The van der Waals surface area contributed by atoms with E-state index in [1.807, 2.05) is 24.1 Å². The number of aryl methyl sites for hydroxylation is 1. The SMILES string of the molecule is Cn1cc(-c2nc(N)sc2C2CCCC2)cn1. The molecule has 0 atom stereocenters. The predicted octanol–water partition coefficient (Wildman–Crippen LogP) is 2.78. The molecular weight excluding hydrogens is 232 g/mol. The third kappa shape index (κ3) is 1.95. The van der Waals surface area contributed by atoms with Gasteiger partial charge in [-0.2, -0.15) is 5.10 Å². The number of nitrogens with zero attached hydrogens (tertiary/aromatic N) is 3. The van der Waals surface area contributed by atoms with Crippen molar-refractivity contribution in [3.8, 4) is 11.3 Å². The van der Waals surface area contributed by atoms with E-state index >= 15 is 0 Å². The summed E-state index contributed by atoms with van der Waals surface area (Å²) in [5.74, 6) is 0.653. The molecule has 0 spiro atoms. The van der Waals surface area contributed by atoms with Crippen molar-refractivity contribution < 1.29 is 0 Å². The molecule has 0 bridgehead atoms. The average molecular weight is 248 g/mol. The van der Waals surface area contributed by atoms with Gasteiger partial charge in [-0.3, -0.25) is 4.68 Å². The van der Waals surface area contributed by atoms with E-state index < -0.39 is 0 Å². The van der Waals surface area contributed by atoms with Gasteiger partial charge in [-0.15, -0.1) is 11.3 Å². The maximum absolute atomic E-state index is 5.87. The highest BCUT2D eigenvalue weighted by atomic mass is 32.1. The Morgan fingerprint density at radius 1 is 1.41 bits per heavy atom. The Morgan fingerprint density at radius 2 is 2.18 bits per heavy atom. The molecule has 0 saturated heterocycles. The lowest BCUT2D eigenvalue weighted by Gasteiger charge is -2.07. The van der Waals surface area contributed by atoms with Crippen molar-refractivity contribution in [3.05, 3.63) is 17.3 Å². The van der Waals surface area contributed by atoms with E-state index in [9.17, 15) is 0 Å². The van der Waals surface area contributed by atoms with Crippen molar-refractivity contribution in [2.45, 2.75) is 31.6 Å². The zero-order valence-electron chi connectivity index (χ0n) is 9.89. The molecule has 2 heterocycles. The van der Waals surface area contributed by atoms with Crippen LogP contribution in [0.4, 0.5) is 5.13 Å². The highest BCUT2D eigenvalue weighted by molar-refractivity contribution is 7.15. The van der Waals surface area contributed by atoms with Crippen molar-refractivity contribution in [1.82, 2.24) is 14.8 Å². The van der Waals surface area contributed by atoms with Crippen molar-refractivity contribution >= 4 is 16.5 Å². The van der Waals surface area contributed by atoms with Gasteiger partial charge < -0.3 is 5.73 Å². The van der Waals surface area contributed by atoms with Crippen LogP contribution in [0.15, 0.2) is 12.4 Å². The first-order chi connectivity index (χ1) is 8.24. The number of aromatic nitrogens is 3. The molecule has 2 N–H and O–H groups in total. The number of hydrogen-bond acceptors (Lipinski definition) is 4. The topological polar surface area (TPSA) is 56.7 Å². The molecule has 1 saturated carbocycles. The summed E-state index contributed by atoms with van der Waals surface area (Å²) in [5, 5.41) is 4.88. The van der Waals surface area contributed by atoms with Crippen LogP contribution in [0.3, 0.4) is 0 Å². The van der Waals surface area contributed by atoms with Crippen molar-refractivity contribution in [1.29, 1.82) is 0 Å².